The molecule has 0 aromatic rings. The Morgan fingerprint density at radius 1 is 1.00 bits per heavy atom. The zero-order valence-electron chi connectivity index (χ0n) is 4.35. The van der Waals surface area contributed by atoms with Gasteiger partial charge in [-0.05, 0) is 0 Å². The van der Waals surface area contributed by atoms with Crippen molar-refractivity contribution >= 4 is 29.8 Å². The van der Waals surface area contributed by atoms with Crippen LogP contribution in [0.4, 0.5) is 18.0 Å². The minimum atomic E-state index is -11.5. The van der Waals surface area contributed by atoms with Gasteiger partial charge in [0.1, 0.15) is 0 Å². The first kappa shape index (κ1) is 11.3. The standard InChI is InChI=1S/FHO3S.5FH.Sb/c1-5(2,3)4;;;;;;/h(H,2,3,4);5*1H;/q;;;;;;+5/p-6. The van der Waals surface area contributed by atoms with Crippen molar-refractivity contribution in [3.63, 3.8) is 0 Å². The summed E-state index contributed by atoms with van der Waals surface area (Å²) in [4.78, 5) is 0. The van der Waals surface area contributed by atoms with E-state index in [2.05, 4.69) is 0 Å². The molecule has 0 aliphatic rings. The molecule has 0 heterocycles. The van der Waals surface area contributed by atoms with Crippen LogP contribution in [0.15, 0.2) is 0 Å². The van der Waals surface area contributed by atoms with E-state index in [1.165, 1.54) is 2.46 Å². The van der Waals surface area contributed by atoms with E-state index in [-0.39, 0.29) is 0 Å². The van der Waals surface area contributed by atoms with Crippen LogP contribution >= 0.6 is 0 Å². The van der Waals surface area contributed by atoms with Gasteiger partial charge in [-0.1, -0.05) is 0 Å². The van der Waals surface area contributed by atoms with Gasteiger partial charge in [0, 0.05) is 0 Å². The first-order valence-electron chi connectivity index (χ1n) is 1.68. The molecule has 72 valence electrons. The van der Waals surface area contributed by atoms with Crippen molar-refractivity contribution in [3.8, 4) is 0 Å². The van der Waals surface area contributed by atoms with Crippen LogP contribution in [0.1, 0.15) is 0 Å². The van der Waals surface area contributed by atoms with Crippen molar-refractivity contribution in [1.82, 2.24) is 0 Å². The Morgan fingerprint density at radius 2 is 1.27 bits per heavy atom. The van der Waals surface area contributed by atoms with Crippen LogP contribution in [0.25, 0.3) is 0 Å². The molecule has 0 fully saturated rings. The molecule has 0 amide bonds. The van der Waals surface area contributed by atoms with Crippen LogP contribution in [0.3, 0.4) is 0 Å². The number of rotatable bonds is 2. The van der Waals surface area contributed by atoms with Crippen molar-refractivity contribution in [2.24, 2.45) is 0 Å². The summed E-state index contributed by atoms with van der Waals surface area (Å²) in [5.41, 5.74) is 0. The van der Waals surface area contributed by atoms with Crippen LogP contribution in [0.5, 0.6) is 0 Å². The molecule has 0 unspecified atom stereocenters. The third-order valence-corrected chi connectivity index (χ3v) is 4.63. The summed E-state index contributed by atoms with van der Waals surface area (Å²) in [6.07, 6.45) is 0. The predicted octanol–water partition coefficient (Wildman–Crippen LogP) is 1.40. The Hall–Kier alpha value is 0.308. The molecule has 0 rings (SSSR count). The second kappa shape index (κ2) is 1.79. The van der Waals surface area contributed by atoms with Gasteiger partial charge in [-0.15, -0.1) is 0 Å². The Morgan fingerprint density at radius 3 is 1.27 bits per heavy atom. The van der Waals surface area contributed by atoms with Gasteiger partial charge >= 0.3 is 58.6 Å². The molecular formula is F6O3SSb-. The first-order chi connectivity index (χ1) is 4.18. The van der Waals surface area contributed by atoms with Gasteiger partial charge in [-0.25, -0.2) is 0 Å². The molecular weight excluding hydrogens is 316 g/mol. The third kappa shape index (κ3) is 10.3. The second-order valence-corrected chi connectivity index (χ2v) is 9.28. The van der Waals surface area contributed by atoms with Crippen LogP contribution in [0, 0.1) is 0 Å². The van der Waals surface area contributed by atoms with Crippen molar-refractivity contribution in [2.45, 2.75) is 0 Å². The number of hydrogen-bond donors (Lipinski definition) is 0. The first-order valence-corrected chi connectivity index (χ1v) is 8.86. The zero-order valence-corrected chi connectivity index (χ0v) is 7.72. The third-order valence-electron chi connectivity index (χ3n) is 0.230. The van der Waals surface area contributed by atoms with Crippen LogP contribution < -0.4 is 0 Å². The summed E-state index contributed by atoms with van der Waals surface area (Å²) in [5.74, 6) is 0. The Labute approximate surface area is 59.0 Å². The monoisotopic (exact) mass is 315 g/mol. The summed E-state index contributed by atoms with van der Waals surface area (Å²) in [7, 11) is -6.69. The summed E-state index contributed by atoms with van der Waals surface area (Å²) in [6.45, 7) is 0. The van der Waals surface area contributed by atoms with Crippen molar-refractivity contribution in [2.75, 3.05) is 0 Å². The van der Waals surface area contributed by atoms with Gasteiger partial charge in [-0.2, -0.15) is 0 Å². The molecule has 0 bridgehead atoms. The van der Waals surface area contributed by atoms with Gasteiger partial charge in [0.25, 0.3) is 0 Å². The summed E-state index contributed by atoms with van der Waals surface area (Å²) in [5, 5.41) is 0. The molecule has 0 aromatic heterocycles. The Bertz CT molecular complexity index is 254. The SMILES string of the molecule is O=S(=O)(F)[O][Sb-]([F])([F])([F])([F])[F]. The van der Waals surface area contributed by atoms with Crippen molar-refractivity contribution in [1.29, 1.82) is 0 Å². The minimum absolute atomic E-state index is 1.17. The molecule has 0 saturated carbocycles. The fraction of sp³-hybridized carbons (Fsp3) is 0. The maximum absolute atomic E-state index is 11.5. The molecule has 0 aliphatic heterocycles. The van der Waals surface area contributed by atoms with E-state index in [4.69, 9.17) is 8.42 Å². The quantitative estimate of drug-likeness (QED) is 0.439. The molecule has 0 spiro atoms. The molecule has 3 nitrogen and oxygen atoms in total. The number of halogens is 6. The molecule has 0 saturated heterocycles. The predicted molar refractivity (Wildman–Crippen MR) is 22.4 cm³/mol. The van der Waals surface area contributed by atoms with Crippen LogP contribution in [0.2, 0.25) is 0 Å². The summed E-state index contributed by atoms with van der Waals surface area (Å²) >= 11 is -11.5. The fourth-order valence-electron chi connectivity index (χ4n) is 0.168. The maximum atomic E-state index is 11.0. The van der Waals surface area contributed by atoms with Crippen LogP contribution in [-0.4, -0.2) is 27.7 Å². The van der Waals surface area contributed by atoms with E-state index < -0.39 is 29.8 Å². The Kier molecular flexibility index (Phi) is 1.84. The normalized spacial score (nSPS) is 20.5. The van der Waals surface area contributed by atoms with E-state index in [0.717, 1.165) is 0 Å². The van der Waals surface area contributed by atoms with E-state index >= 15 is 0 Å². The van der Waals surface area contributed by atoms with E-state index in [0.29, 0.717) is 0 Å². The summed E-state index contributed by atoms with van der Waals surface area (Å²) in [6, 6.07) is 0. The zero-order chi connectivity index (χ0) is 9.62. The summed E-state index contributed by atoms with van der Waals surface area (Å²) < 4.78 is 84.9. The molecule has 0 radical (unpaired) electrons. The topological polar surface area (TPSA) is 43.4 Å². The molecule has 11 heteroatoms. The fourth-order valence-corrected chi connectivity index (χ4v) is 3.39. The van der Waals surface area contributed by atoms with Crippen molar-refractivity contribution < 1.29 is 28.8 Å². The van der Waals surface area contributed by atoms with Crippen molar-refractivity contribution in [3.05, 3.63) is 0 Å². The average molecular weight is 316 g/mol. The van der Waals surface area contributed by atoms with Gasteiger partial charge in [0.15, 0.2) is 0 Å². The second-order valence-electron chi connectivity index (χ2n) is 1.45. The molecule has 11 heavy (non-hydrogen) atoms. The van der Waals surface area contributed by atoms with Crippen LogP contribution in [-0.2, 0) is 13.0 Å². The van der Waals surface area contributed by atoms with Gasteiger partial charge < -0.3 is 0 Å². The molecule has 0 atom stereocenters. The van der Waals surface area contributed by atoms with Gasteiger partial charge in [-0.3, -0.25) is 0 Å². The van der Waals surface area contributed by atoms with E-state index in [1.54, 1.807) is 0 Å². The molecule has 0 N–H and O–H groups in total. The Balaban J connectivity index is 4.97. The van der Waals surface area contributed by atoms with E-state index in [1.807, 2.05) is 0 Å². The van der Waals surface area contributed by atoms with Gasteiger partial charge in [0.2, 0.25) is 0 Å². The molecule has 0 aliphatic carbocycles. The average Bonchev–Trinajstić information content (AvgIpc) is 1.05. The molecule has 0 aromatic carbocycles. The van der Waals surface area contributed by atoms with Gasteiger partial charge in [0.05, 0.1) is 0 Å². The number of hydrogen-bond acceptors (Lipinski definition) is 3. The van der Waals surface area contributed by atoms with E-state index in [9.17, 15) is 18.0 Å².